The summed E-state index contributed by atoms with van der Waals surface area (Å²) in [6.45, 7) is 7.26. The molecule has 26 heavy (non-hydrogen) atoms. The maximum atomic E-state index is 12.4. The maximum Gasteiger partial charge on any atom is 0.279 e. The highest BCUT2D eigenvalue weighted by atomic mass is 16.2. The number of aromatic nitrogens is 1. The summed E-state index contributed by atoms with van der Waals surface area (Å²) in [5.41, 5.74) is 3.66. The van der Waals surface area contributed by atoms with Gasteiger partial charge in [-0.25, -0.2) is 0 Å². The molecule has 0 atom stereocenters. The maximum absolute atomic E-state index is 12.4. The predicted molar refractivity (Wildman–Crippen MR) is 100 cm³/mol. The monoisotopic (exact) mass is 353 g/mol. The van der Waals surface area contributed by atoms with E-state index < -0.39 is 0 Å². The second-order valence-corrected chi connectivity index (χ2v) is 6.78. The Kier molecular flexibility index (Phi) is 5.63. The lowest BCUT2D eigenvalue weighted by Gasteiger charge is -2.32. The Morgan fingerprint density at radius 2 is 1.81 bits per heavy atom. The number of amides is 2. The first-order valence-corrected chi connectivity index (χ1v) is 8.93. The zero-order valence-electron chi connectivity index (χ0n) is 15.3. The third-order valence-corrected chi connectivity index (χ3v) is 4.82. The van der Waals surface area contributed by atoms with Gasteiger partial charge >= 0.3 is 0 Å². The number of aryl methyl sites for hydroxylation is 2. The summed E-state index contributed by atoms with van der Waals surface area (Å²) in [7, 11) is 0. The number of anilines is 1. The van der Waals surface area contributed by atoms with Gasteiger partial charge in [-0.15, -0.1) is 0 Å². The number of nitrogens with zero attached hydrogens (tertiary/aromatic N) is 2. The van der Waals surface area contributed by atoms with Crippen LogP contribution in [-0.2, 0) is 4.79 Å². The van der Waals surface area contributed by atoms with Gasteiger partial charge in [0.1, 0.15) is 0 Å². The van der Waals surface area contributed by atoms with Crippen LogP contribution in [0.3, 0.4) is 0 Å². The molecule has 0 unspecified atom stereocenters. The zero-order valence-corrected chi connectivity index (χ0v) is 15.3. The van der Waals surface area contributed by atoms with E-state index in [1.807, 2.05) is 36.9 Å². The van der Waals surface area contributed by atoms with Gasteiger partial charge in [-0.2, -0.15) is 0 Å². The van der Waals surface area contributed by atoms with Crippen molar-refractivity contribution in [2.45, 2.75) is 13.8 Å². The number of nitrogens with one attached hydrogen (secondary N) is 2. The number of para-hydroxylation sites is 1. The number of benzene rings is 1. The van der Waals surface area contributed by atoms with Crippen LogP contribution >= 0.6 is 0 Å². The Morgan fingerprint density at radius 3 is 2.42 bits per heavy atom. The number of hydrogen-bond donors (Lipinski definition) is 2. The molecule has 2 aromatic rings. The van der Waals surface area contributed by atoms with Gasteiger partial charge in [0.15, 0.2) is 6.54 Å². The predicted octanol–water partition coefficient (Wildman–Crippen LogP) is 0.678. The van der Waals surface area contributed by atoms with Gasteiger partial charge in [0.2, 0.25) is 0 Å². The minimum atomic E-state index is 0.0112. The van der Waals surface area contributed by atoms with E-state index in [9.17, 15) is 9.59 Å². The van der Waals surface area contributed by atoms with E-state index in [0.717, 1.165) is 29.9 Å². The molecule has 1 aliphatic rings. The van der Waals surface area contributed by atoms with Crippen molar-refractivity contribution in [1.29, 1.82) is 0 Å². The molecule has 0 aliphatic carbocycles. The molecule has 0 saturated carbocycles. The number of rotatable bonds is 4. The minimum Gasteiger partial charge on any atom is -0.327 e. The van der Waals surface area contributed by atoms with E-state index >= 15 is 0 Å². The van der Waals surface area contributed by atoms with Crippen molar-refractivity contribution >= 4 is 17.5 Å². The lowest BCUT2D eigenvalue weighted by Crippen LogP contribution is -3.15. The van der Waals surface area contributed by atoms with Gasteiger partial charge in [0.05, 0.1) is 31.7 Å². The number of pyridine rings is 1. The Morgan fingerprint density at radius 1 is 1.12 bits per heavy atom. The molecule has 3 rings (SSSR count). The molecule has 2 amide bonds. The molecule has 0 spiro atoms. The van der Waals surface area contributed by atoms with E-state index in [4.69, 9.17) is 0 Å². The smallest absolute Gasteiger partial charge is 0.279 e. The molecular formula is C20H25N4O2+. The first-order valence-electron chi connectivity index (χ1n) is 8.93. The van der Waals surface area contributed by atoms with E-state index in [1.54, 1.807) is 24.5 Å². The first kappa shape index (κ1) is 18.1. The Bertz CT molecular complexity index is 763. The number of hydrogen-bond acceptors (Lipinski definition) is 3. The Hall–Kier alpha value is -2.73. The van der Waals surface area contributed by atoms with Crippen LogP contribution in [0.1, 0.15) is 21.5 Å². The fraction of sp³-hybridized carbons (Fsp3) is 0.350. The second-order valence-electron chi connectivity index (χ2n) is 6.78. The van der Waals surface area contributed by atoms with Gasteiger partial charge in [-0.3, -0.25) is 14.6 Å². The average Bonchev–Trinajstić information content (AvgIpc) is 2.66. The summed E-state index contributed by atoms with van der Waals surface area (Å²) in [5.74, 6) is 0.0292. The van der Waals surface area contributed by atoms with Gasteiger partial charge in [-0.1, -0.05) is 18.2 Å². The number of carbonyl (C=O) groups excluding carboxylic acids is 2. The van der Waals surface area contributed by atoms with Crippen LogP contribution in [0.2, 0.25) is 0 Å². The highest BCUT2D eigenvalue weighted by Gasteiger charge is 2.26. The van der Waals surface area contributed by atoms with Crippen molar-refractivity contribution in [3.8, 4) is 0 Å². The van der Waals surface area contributed by atoms with E-state index in [0.29, 0.717) is 25.2 Å². The Labute approximate surface area is 153 Å². The molecule has 0 radical (unpaired) electrons. The van der Waals surface area contributed by atoms with Crippen molar-refractivity contribution in [3.05, 3.63) is 59.4 Å². The topological polar surface area (TPSA) is 66.7 Å². The lowest BCUT2D eigenvalue weighted by atomic mass is 10.1. The third kappa shape index (κ3) is 4.26. The van der Waals surface area contributed by atoms with Crippen LogP contribution in [0, 0.1) is 13.8 Å². The van der Waals surface area contributed by atoms with E-state index in [1.165, 1.54) is 4.90 Å². The number of quaternary nitrogens is 1. The summed E-state index contributed by atoms with van der Waals surface area (Å²) in [5, 5.41) is 3.04. The fourth-order valence-corrected chi connectivity index (χ4v) is 3.30. The van der Waals surface area contributed by atoms with Crippen LogP contribution in [0.4, 0.5) is 5.69 Å². The van der Waals surface area contributed by atoms with Gasteiger partial charge in [0, 0.05) is 18.1 Å². The standard InChI is InChI=1S/C20H24N4O2/c1-15-5-3-6-16(2)19(15)22-18(25)14-23-9-11-24(12-10-23)20(26)17-7-4-8-21-13-17/h3-8,13H,9-12,14H2,1-2H3,(H,22,25)/p+1. The van der Waals surface area contributed by atoms with Gasteiger partial charge in [0.25, 0.3) is 11.8 Å². The second kappa shape index (κ2) is 8.10. The summed E-state index contributed by atoms with van der Waals surface area (Å²) >= 11 is 0. The van der Waals surface area contributed by atoms with E-state index in [2.05, 4.69) is 10.3 Å². The highest BCUT2D eigenvalue weighted by Crippen LogP contribution is 2.18. The number of piperazine rings is 1. The van der Waals surface area contributed by atoms with Crippen molar-refractivity contribution in [2.75, 3.05) is 38.0 Å². The summed E-state index contributed by atoms with van der Waals surface area (Å²) in [6, 6.07) is 9.54. The summed E-state index contributed by atoms with van der Waals surface area (Å²) in [6.07, 6.45) is 3.26. The highest BCUT2D eigenvalue weighted by molar-refractivity contribution is 5.94. The Balaban J connectivity index is 1.51. The van der Waals surface area contributed by atoms with Crippen LogP contribution < -0.4 is 10.2 Å². The molecule has 1 aromatic heterocycles. The number of carbonyl (C=O) groups is 2. The van der Waals surface area contributed by atoms with Crippen molar-refractivity contribution < 1.29 is 14.5 Å². The molecule has 1 aromatic carbocycles. The zero-order chi connectivity index (χ0) is 18.5. The van der Waals surface area contributed by atoms with E-state index in [-0.39, 0.29) is 11.8 Å². The molecule has 6 heteroatoms. The van der Waals surface area contributed by atoms with Crippen LogP contribution in [0.15, 0.2) is 42.7 Å². The average molecular weight is 353 g/mol. The van der Waals surface area contributed by atoms with Crippen molar-refractivity contribution in [3.63, 3.8) is 0 Å². The van der Waals surface area contributed by atoms with Crippen LogP contribution in [0.5, 0.6) is 0 Å². The molecule has 1 fully saturated rings. The van der Waals surface area contributed by atoms with Crippen molar-refractivity contribution in [2.24, 2.45) is 0 Å². The molecular weight excluding hydrogens is 328 g/mol. The summed E-state index contributed by atoms with van der Waals surface area (Å²) < 4.78 is 0. The van der Waals surface area contributed by atoms with Crippen LogP contribution in [-0.4, -0.2) is 54.4 Å². The molecule has 0 bridgehead atoms. The molecule has 1 aliphatic heterocycles. The fourth-order valence-electron chi connectivity index (χ4n) is 3.30. The quantitative estimate of drug-likeness (QED) is 0.849. The SMILES string of the molecule is Cc1cccc(C)c1NC(=O)C[NH+]1CCN(C(=O)c2cccnc2)CC1. The third-order valence-electron chi connectivity index (χ3n) is 4.82. The molecule has 2 N–H and O–H groups in total. The molecule has 1 saturated heterocycles. The normalized spacial score (nSPS) is 14.9. The molecule has 6 nitrogen and oxygen atoms in total. The van der Waals surface area contributed by atoms with Crippen LogP contribution in [0.25, 0.3) is 0 Å². The summed E-state index contributed by atoms with van der Waals surface area (Å²) in [4.78, 5) is 31.9. The minimum absolute atomic E-state index is 0.0112. The van der Waals surface area contributed by atoms with Crippen molar-refractivity contribution in [1.82, 2.24) is 9.88 Å². The lowest BCUT2D eigenvalue weighted by molar-refractivity contribution is -0.895. The first-order chi connectivity index (χ1) is 12.5. The van der Waals surface area contributed by atoms with Gasteiger partial charge < -0.3 is 15.1 Å². The largest absolute Gasteiger partial charge is 0.327 e. The van der Waals surface area contributed by atoms with Gasteiger partial charge in [-0.05, 0) is 37.1 Å². The molecule has 2 heterocycles. The molecule has 136 valence electrons.